The number of phenolic OH excluding ortho intramolecular Hbond substituents is 4. The lowest BCUT2D eigenvalue weighted by Crippen LogP contribution is -2.28. The highest BCUT2D eigenvalue weighted by Crippen LogP contribution is 2.58. The molecular weight excluding hydrogens is 330 g/mol. The monoisotopic (exact) mass is 351 g/mol. The average molecular weight is 351 g/mol. The molecule has 0 spiro atoms. The van der Waals surface area contributed by atoms with Gasteiger partial charge in [-0.2, -0.15) is 0 Å². The Labute approximate surface area is 142 Å². The molecule has 2 aromatic rings. The van der Waals surface area contributed by atoms with Crippen molar-refractivity contribution in [3.05, 3.63) is 41.5 Å². The fraction of sp³-hybridized carbons (Fsp3) is 0.294. The Hall–Kier alpha value is -2.09. The summed E-state index contributed by atoms with van der Waals surface area (Å²) >= 11 is 0. The van der Waals surface area contributed by atoms with E-state index in [1.165, 1.54) is 18.2 Å². The first-order valence-electron chi connectivity index (χ1n) is 7.64. The van der Waals surface area contributed by atoms with E-state index in [2.05, 4.69) is 0 Å². The molecular formula is C17H21NO5S. The van der Waals surface area contributed by atoms with Crippen molar-refractivity contribution >= 4 is 10.9 Å². The van der Waals surface area contributed by atoms with Crippen LogP contribution in [0.3, 0.4) is 0 Å². The van der Waals surface area contributed by atoms with Gasteiger partial charge in [-0.1, -0.05) is 6.07 Å². The molecule has 0 amide bonds. The van der Waals surface area contributed by atoms with Crippen molar-refractivity contribution in [2.45, 2.75) is 22.7 Å². The van der Waals surface area contributed by atoms with Crippen LogP contribution < -0.4 is 5.73 Å². The van der Waals surface area contributed by atoms with E-state index in [1.807, 2.05) is 0 Å². The second-order valence-corrected chi connectivity index (χ2v) is 8.33. The first-order chi connectivity index (χ1) is 11.4. The normalized spacial score (nSPS) is 24.5. The van der Waals surface area contributed by atoms with Gasteiger partial charge in [0.15, 0.2) is 11.5 Å². The summed E-state index contributed by atoms with van der Waals surface area (Å²) in [6.45, 7) is 0.398. The van der Waals surface area contributed by atoms with Crippen LogP contribution in [0.4, 0.5) is 0 Å². The second-order valence-electron chi connectivity index (χ2n) is 5.91. The molecule has 7 heteroatoms. The highest BCUT2D eigenvalue weighted by Gasteiger charge is 2.36. The molecule has 1 aliphatic rings. The van der Waals surface area contributed by atoms with Crippen LogP contribution in [0.15, 0.2) is 35.2 Å². The molecule has 1 unspecified atom stereocenters. The predicted molar refractivity (Wildman–Crippen MR) is 93.2 cm³/mol. The van der Waals surface area contributed by atoms with Gasteiger partial charge in [-0.3, -0.25) is 0 Å². The maximum Gasteiger partial charge on any atom is 0.157 e. The van der Waals surface area contributed by atoms with Gasteiger partial charge >= 0.3 is 0 Å². The Kier molecular flexibility index (Phi) is 4.49. The Bertz CT molecular complexity index is 767. The molecule has 130 valence electrons. The third kappa shape index (κ3) is 2.86. The fourth-order valence-corrected chi connectivity index (χ4v) is 6.29. The molecule has 3 atom stereocenters. The van der Waals surface area contributed by atoms with Crippen molar-refractivity contribution in [2.24, 2.45) is 5.73 Å². The van der Waals surface area contributed by atoms with Crippen molar-refractivity contribution < 1.29 is 25.5 Å². The predicted octanol–water partition coefficient (Wildman–Crippen LogP) is 1.49. The van der Waals surface area contributed by atoms with Crippen LogP contribution in [0.2, 0.25) is 0 Å². The van der Waals surface area contributed by atoms with Gasteiger partial charge in [0.25, 0.3) is 0 Å². The smallest absolute Gasteiger partial charge is 0.157 e. The summed E-state index contributed by atoms with van der Waals surface area (Å²) in [7, 11) is -1.01. The largest absolute Gasteiger partial charge is 0.508 e. The fourth-order valence-electron chi connectivity index (χ4n) is 3.30. The van der Waals surface area contributed by atoms with E-state index in [9.17, 15) is 25.5 Å². The quantitative estimate of drug-likeness (QED) is 0.332. The zero-order valence-electron chi connectivity index (χ0n) is 12.9. The lowest BCUT2D eigenvalue weighted by molar-refractivity contribution is 0.166. The van der Waals surface area contributed by atoms with Crippen LogP contribution in [0.1, 0.15) is 16.4 Å². The number of aliphatic hydroxyl groups excluding tert-OH is 1. The minimum Gasteiger partial charge on any atom is -0.508 e. The molecule has 0 saturated carbocycles. The maximum absolute atomic E-state index is 10.7. The van der Waals surface area contributed by atoms with Gasteiger partial charge in [-0.25, -0.2) is 10.9 Å². The highest BCUT2D eigenvalue weighted by molar-refractivity contribution is 8.17. The van der Waals surface area contributed by atoms with Crippen molar-refractivity contribution in [2.75, 3.05) is 12.3 Å². The van der Waals surface area contributed by atoms with Gasteiger partial charge in [0.05, 0.1) is 6.10 Å². The van der Waals surface area contributed by atoms with Crippen LogP contribution in [-0.2, 0) is 6.42 Å². The summed E-state index contributed by atoms with van der Waals surface area (Å²) in [6.07, 6.45) is -0.508. The molecule has 0 aliphatic carbocycles. The van der Waals surface area contributed by atoms with Gasteiger partial charge in [0.1, 0.15) is 11.5 Å². The van der Waals surface area contributed by atoms with Gasteiger partial charge in [-0.05, 0) is 34.4 Å². The number of rotatable bonds is 3. The zero-order valence-corrected chi connectivity index (χ0v) is 13.8. The standard InChI is InChI=1S/C17H21NO5S/c18-3-4-24-16-7-10(19)6-13(21)11(16)8-15(23)17(24)9-1-2-12(20)14(22)5-9/h1-2,5-7,15,17,19-24H,3-4,8,18H2/t15-,17-/m0/s1. The molecule has 1 heterocycles. The van der Waals surface area contributed by atoms with E-state index in [0.717, 1.165) is 4.90 Å². The summed E-state index contributed by atoms with van der Waals surface area (Å²) in [4.78, 5) is 0.816. The molecule has 0 bridgehead atoms. The van der Waals surface area contributed by atoms with Gasteiger partial charge in [0, 0.05) is 29.8 Å². The SMILES string of the molecule is NCC[SH]1c2cc(O)cc(O)c2C[C@H](O)[C@@H]1c1ccc(O)c(O)c1. The molecule has 1 aliphatic heterocycles. The molecule has 24 heavy (non-hydrogen) atoms. The maximum atomic E-state index is 10.7. The van der Waals surface area contributed by atoms with Gasteiger partial charge < -0.3 is 31.3 Å². The molecule has 2 aromatic carbocycles. The van der Waals surface area contributed by atoms with Crippen LogP contribution in [0.25, 0.3) is 0 Å². The Balaban J connectivity index is 2.12. The van der Waals surface area contributed by atoms with Crippen LogP contribution in [0.5, 0.6) is 23.0 Å². The van der Waals surface area contributed by atoms with Crippen molar-refractivity contribution in [1.82, 2.24) is 0 Å². The van der Waals surface area contributed by atoms with E-state index in [-0.39, 0.29) is 34.7 Å². The summed E-state index contributed by atoms with van der Waals surface area (Å²) in [5.41, 5.74) is 7.09. The number of hydrogen-bond donors (Lipinski definition) is 7. The van der Waals surface area contributed by atoms with Crippen molar-refractivity contribution in [3.8, 4) is 23.0 Å². The third-order valence-corrected chi connectivity index (χ3v) is 7.39. The lowest BCUT2D eigenvalue weighted by Gasteiger charge is -2.40. The van der Waals surface area contributed by atoms with Crippen LogP contribution in [-0.4, -0.2) is 43.9 Å². The molecule has 0 aromatic heterocycles. The number of fused-ring (bicyclic) bond motifs is 1. The molecule has 0 saturated heterocycles. The minimum absolute atomic E-state index is 0.0272. The summed E-state index contributed by atoms with van der Waals surface area (Å²) in [5, 5.41) is 49.6. The highest BCUT2D eigenvalue weighted by atomic mass is 32.2. The van der Waals surface area contributed by atoms with Gasteiger partial charge in [0.2, 0.25) is 0 Å². The molecule has 7 N–H and O–H groups in total. The van der Waals surface area contributed by atoms with E-state index in [1.54, 1.807) is 12.1 Å². The van der Waals surface area contributed by atoms with Crippen LogP contribution in [0, 0.1) is 0 Å². The van der Waals surface area contributed by atoms with Crippen molar-refractivity contribution in [3.63, 3.8) is 0 Å². The van der Waals surface area contributed by atoms with E-state index >= 15 is 0 Å². The topological polar surface area (TPSA) is 127 Å². The number of aliphatic hydroxyl groups is 1. The number of benzene rings is 2. The zero-order chi connectivity index (χ0) is 17.4. The van der Waals surface area contributed by atoms with Crippen molar-refractivity contribution in [1.29, 1.82) is 0 Å². The van der Waals surface area contributed by atoms with E-state index in [0.29, 0.717) is 23.4 Å². The van der Waals surface area contributed by atoms with Gasteiger partial charge in [-0.15, -0.1) is 0 Å². The first kappa shape index (κ1) is 16.8. The average Bonchev–Trinajstić information content (AvgIpc) is 2.52. The number of phenols is 4. The van der Waals surface area contributed by atoms with E-state index in [4.69, 9.17) is 5.73 Å². The summed E-state index contributed by atoms with van der Waals surface area (Å²) < 4.78 is 0. The number of aromatic hydroxyl groups is 4. The lowest BCUT2D eigenvalue weighted by atomic mass is 9.98. The molecule has 0 radical (unpaired) electrons. The summed E-state index contributed by atoms with van der Waals surface area (Å²) in [5.74, 6) is 0.0871. The minimum atomic E-state index is -1.01. The number of nitrogens with two attached hydrogens (primary N) is 1. The third-order valence-electron chi connectivity index (χ3n) is 4.32. The Morgan fingerprint density at radius 3 is 2.42 bits per heavy atom. The number of hydrogen-bond acceptors (Lipinski definition) is 6. The second kappa shape index (κ2) is 6.43. The Morgan fingerprint density at radius 1 is 1.00 bits per heavy atom. The number of thiol groups is 1. The van der Waals surface area contributed by atoms with E-state index < -0.39 is 17.0 Å². The summed E-state index contributed by atoms with van der Waals surface area (Å²) in [6, 6.07) is 7.40. The molecule has 6 nitrogen and oxygen atoms in total. The first-order valence-corrected chi connectivity index (χ1v) is 9.23. The molecule has 3 rings (SSSR count). The van der Waals surface area contributed by atoms with Crippen LogP contribution >= 0.6 is 10.9 Å². The molecule has 0 fully saturated rings. The Morgan fingerprint density at radius 2 is 1.75 bits per heavy atom.